The van der Waals surface area contributed by atoms with E-state index in [4.69, 9.17) is 0 Å². The maximum Gasteiger partial charge on any atom is 0.161 e. The van der Waals surface area contributed by atoms with Crippen LogP contribution in [0.3, 0.4) is 0 Å². The Morgan fingerprint density at radius 3 is 2.60 bits per heavy atom. The summed E-state index contributed by atoms with van der Waals surface area (Å²) in [4.78, 5) is 24.1. The summed E-state index contributed by atoms with van der Waals surface area (Å²) in [6, 6.07) is 0. The van der Waals surface area contributed by atoms with E-state index in [-0.39, 0.29) is 28.8 Å². The first kappa shape index (κ1) is 17.4. The summed E-state index contributed by atoms with van der Waals surface area (Å²) in [7, 11) is 0. The third kappa shape index (κ3) is 2.07. The smallest absolute Gasteiger partial charge is 0.161 e. The van der Waals surface area contributed by atoms with Crippen LogP contribution in [0.1, 0.15) is 65.7 Å². The second-order valence-corrected chi connectivity index (χ2v) is 9.53. The summed E-state index contributed by atoms with van der Waals surface area (Å²) in [5, 5.41) is 22.3. The first-order chi connectivity index (χ1) is 11.6. The van der Waals surface area contributed by atoms with Crippen LogP contribution in [0.15, 0.2) is 11.6 Å². The Hall–Kier alpha value is -1.00. The summed E-state index contributed by atoms with van der Waals surface area (Å²) >= 11 is 0. The lowest BCUT2D eigenvalue weighted by Crippen LogP contribution is -2.61. The van der Waals surface area contributed by atoms with E-state index in [0.29, 0.717) is 25.2 Å². The molecule has 138 valence electrons. The number of Topliss-reactive ketones (excluding diaryl/α,β-unsaturated/α-hetero) is 1. The van der Waals surface area contributed by atoms with Crippen LogP contribution in [-0.4, -0.2) is 33.5 Å². The average molecular weight is 346 g/mol. The summed E-state index contributed by atoms with van der Waals surface area (Å²) in [5.41, 5.74) is -0.744. The Morgan fingerprint density at radius 1 is 1.20 bits per heavy atom. The Balaban J connectivity index is 1.75. The van der Waals surface area contributed by atoms with E-state index >= 15 is 0 Å². The summed E-state index contributed by atoms with van der Waals surface area (Å²) in [6.45, 7) is 5.73. The minimum atomic E-state index is -1.30. The number of ketones is 2. The van der Waals surface area contributed by atoms with Crippen molar-refractivity contribution in [3.63, 3.8) is 0 Å². The molecule has 4 rings (SSSR count). The van der Waals surface area contributed by atoms with Crippen LogP contribution in [0.25, 0.3) is 0 Å². The molecule has 4 heteroatoms. The van der Waals surface area contributed by atoms with Crippen LogP contribution in [-0.2, 0) is 9.59 Å². The highest BCUT2D eigenvalue weighted by Crippen LogP contribution is 2.67. The lowest BCUT2D eigenvalue weighted by Gasteiger charge is -2.60. The van der Waals surface area contributed by atoms with Gasteiger partial charge in [0.2, 0.25) is 0 Å². The normalized spacial score (nSPS) is 52.0. The number of allylic oxidation sites excluding steroid dienone is 1. The molecule has 0 aromatic rings. The number of aliphatic hydroxyl groups is 2. The molecule has 4 aliphatic carbocycles. The molecule has 3 fully saturated rings. The fourth-order valence-corrected chi connectivity index (χ4v) is 7.27. The van der Waals surface area contributed by atoms with Crippen molar-refractivity contribution in [1.82, 2.24) is 0 Å². The van der Waals surface area contributed by atoms with Crippen LogP contribution in [0, 0.1) is 28.6 Å². The Labute approximate surface area is 149 Å². The standard InChI is InChI=1S/C21H30O4/c1-12(22)21(25)9-7-16-15-5-4-13-10-14(23)6-8-19(13,2)18(15)17(24)11-20(16,21)3/h10,15-18,24-25H,4-9,11H2,1-3H3/t15-,16-,17-,18+,19+,20+,21-/m1/s1. The average Bonchev–Trinajstić information content (AvgIpc) is 2.80. The minimum absolute atomic E-state index is 0.117. The molecule has 4 nitrogen and oxygen atoms in total. The second-order valence-electron chi connectivity index (χ2n) is 9.53. The topological polar surface area (TPSA) is 74.6 Å². The van der Waals surface area contributed by atoms with Crippen molar-refractivity contribution in [3.8, 4) is 0 Å². The second kappa shape index (κ2) is 5.26. The number of carbonyl (C=O) groups excluding carboxylic acids is 2. The van der Waals surface area contributed by atoms with Gasteiger partial charge in [-0.15, -0.1) is 0 Å². The van der Waals surface area contributed by atoms with Gasteiger partial charge >= 0.3 is 0 Å². The monoisotopic (exact) mass is 346 g/mol. The van der Waals surface area contributed by atoms with E-state index < -0.39 is 17.1 Å². The highest BCUT2D eigenvalue weighted by molar-refractivity contribution is 5.91. The molecule has 2 N–H and O–H groups in total. The molecule has 3 saturated carbocycles. The van der Waals surface area contributed by atoms with Gasteiger partial charge in [0.05, 0.1) is 6.10 Å². The third-order valence-corrected chi connectivity index (χ3v) is 8.63. The van der Waals surface area contributed by atoms with Gasteiger partial charge in [0.1, 0.15) is 5.60 Å². The van der Waals surface area contributed by atoms with Gasteiger partial charge in [-0.3, -0.25) is 9.59 Å². The largest absolute Gasteiger partial charge is 0.393 e. The van der Waals surface area contributed by atoms with Gasteiger partial charge in [0.25, 0.3) is 0 Å². The molecule has 0 bridgehead atoms. The number of rotatable bonds is 1. The SMILES string of the molecule is CC(=O)[C@]1(O)CC[C@@H]2[C@H]3CCC4=CC(=O)CC[C@]4(C)[C@@H]3[C@H](O)C[C@@]21C. The Bertz CT molecular complexity index is 667. The quantitative estimate of drug-likeness (QED) is 0.766. The van der Waals surface area contributed by atoms with Crippen molar-refractivity contribution in [2.75, 3.05) is 0 Å². The number of carbonyl (C=O) groups is 2. The van der Waals surface area contributed by atoms with Crippen molar-refractivity contribution in [3.05, 3.63) is 11.6 Å². The van der Waals surface area contributed by atoms with Crippen LogP contribution in [0.4, 0.5) is 0 Å². The van der Waals surface area contributed by atoms with Crippen molar-refractivity contribution >= 4 is 11.6 Å². The van der Waals surface area contributed by atoms with Gasteiger partial charge < -0.3 is 10.2 Å². The highest BCUT2D eigenvalue weighted by atomic mass is 16.3. The lowest BCUT2D eigenvalue weighted by atomic mass is 9.45. The third-order valence-electron chi connectivity index (χ3n) is 8.63. The number of hydrogen-bond donors (Lipinski definition) is 2. The van der Waals surface area contributed by atoms with Crippen LogP contribution in [0.2, 0.25) is 0 Å². The van der Waals surface area contributed by atoms with Crippen LogP contribution < -0.4 is 0 Å². The van der Waals surface area contributed by atoms with Gasteiger partial charge in [-0.25, -0.2) is 0 Å². The van der Waals surface area contributed by atoms with E-state index in [0.717, 1.165) is 25.7 Å². The summed E-state index contributed by atoms with van der Waals surface area (Å²) in [5.74, 6) is 0.776. The lowest BCUT2D eigenvalue weighted by molar-refractivity contribution is -0.179. The molecule has 25 heavy (non-hydrogen) atoms. The molecule has 0 amide bonds. The molecule has 0 spiro atoms. The molecule has 0 saturated heterocycles. The molecule has 0 aromatic heterocycles. The van der Waals surface area contributed by atoms with E-state index in [1.54, 1.807) is 0 Å². The first-order valence-electron chi connectivity index (χ1n) is 9.79. The molecular formula is C21H30O4. The van der Waals surface area contributed by atoms with Gasteiger partial charge in [-0.1, -0.05) is 19.4 Å². The molecule has 0 aliphatic heterocycles. The van der Waals surface area contributed by atoms with E-state index in [1.165, 1.54) is 12.5 Å². The zero-order valence-electron chi connectivity index (χ0n) is 15.5. The maximum absolute atomic E-state index is 12.2. The molecule has 7 atom stereocenters. The molecule has 0 heterocycles. The highest BCUT2D eigenvalue weighted by Gasteiger charge is 2.67. The molecule has 0 unspecified atom stereocenters. The van der Waals surface area contributed by atoms with E-state index in [1.807, 2.05) is 13.0 Å². The van der Waals surface area contributed by atoms with Gasteiger partial charge in [-0.2, -0.15) is 0 Å². The van der Waals surface area contributed by atoms with Gasteiger partial charge in [0, 0.05) is 11.8 Å². The predicted molar refractivity (Wildman–Crippen MR) is 93.7 cm³/mol. The van der Waals surface area contributed by atoms with Crippen LogP contribution in [0.5, 0.6) is 0 Å². The molecular weight excluding hydrogens is 316 g/mol. The van der Waals surface area contributed by atoms with Crippen molar-refractivity contribution in [2.24, 2.45) is 28.6 Å². The molecule has 0 radical (unpaired) electrons. The number of aliphatic hydroxyl groups excluding tert-OH is 1. The predicted octanol–water partition coefficient (Wildman–Crippen LogP) is 2.81. The summed E-state index contributed by atoms with van der Waals surface area (Å²) < 4.78 is 0. The fraction of sp³-hybridized carbons (Fsp3) is 0.810. The molecule has 0 aromatic carbocycles. The number of fused-ring (bicyclic) bond motifs is 5. The van der Waals surface area contributed by atoms with E-state index in [9.17, 15) is 19.8 Å². The van der Waals surface area contributed by atoms with Crippen molar-refractivity contribution in [2.45, 2.75) is 77.4 Å². The van der Waals surface area contributed by atoms with Gasteiger partial charge in [-0.05, 0) is 74.7 Å². The van der Waals surface area contributed by atoms with Crippen molar-refractivity contribution < 1.29 is 19.8 Å². The van der Waals surface area contributed by atoms with Gasteiger partial charge in [0.15, 0.2) is 11.6 Å². The number of hydrogen-bond acceptors (Lipinski definition) is 4. The molecule has 4 aliphatic rings. The minimum Gasteiger partial charge on any atom is -0.393 e. The maximum atomic E-state index is 12.2. The Kier molecular flexibility index (Phi) is 3.66. The van der Waals surface area contributed by atoms with Crippen molar-refractivity contribution in [1.29, 1.82) is 0 Å². The fourth-order valence-electron chi connectivity index (χ4n) is 7.27. The Morgan fingerprint density at radius 2 is 1.92 bits per heavy atom. The van der Waals surface area contributed by atoms with E-state index in [2.05, 4.69) is 6.92 Å². The zero-order valence-corrected chi connectivity index (χ0v) is 15.5. The summed E-state index contributed by atoms with van der Waals surface area (Å²) in [6.07, 6.45) is 6.38. The zero-order chi connectivity index (χ0) is 18.2. The van der Waals surface area contributed by atoms with Crippen LogP contribution >= 0.6 is 0 Å². The first-order valence-corrected chi connectivity index (χ1v) is 9.79.